The number of carbonyl (C=O) groups excluding carboxylic acids is 1. The maximum atomic E-state index is 11.8. The molecule has 0 unspecified atom stereocenters. The Morgan fingerprint density at radius 1 is 1.22 bits per heavy atom. The predicted molar refractivity (Wildman–Crippen MR) is 66.7 cm³/mol. The number of aromatic amines is 1. The first-order valence-electron chi connectivity index (χ1n) is 5.24. The highest BCUT2D eigenvalue weighted by molar-refractivity contribution is 6.02. The average molecular weight is 245 g/mol. The highest BCUT2D eigenvalue weighted by Crippen LogP contribution is 2.05. The van der Waals surface area contributed by atoms with Crippen LogP contribution in [-0.2, 0) is 7.05 Å². The molecule has 18 heavy (non-hydrogen) atoms. The van der Waals surface area contributed by atoms with Gasteiger partial charge < -0.3 is 10.3 Å². The van der Waals surface area contributed by atoms with Gasteiger partial charge in [0.15, 0.2) is 0 Å². The topological polar surface area (TPSA) is 84.0 Å². The van der Waals surface area contributed by atoms with Crippen LogP contribution in [0.15, 0.2) is 46.0 Å². The Bertz CT molecular complexity index is 654. The van der Waals surface area contributed by atoms with Gasteiger partial charge >= 0.3 is 5.69 Å². The lowest BCUT2D eigenvalue weighted by molar-refractivity contribution is 0.102. The number of aromatic nitrogens is 2. The smallest absolute Gasteiger partial charge is 0.321 e. The summed E-state index contributed by atoms with van der Waals surface area (Å²) in [6, 6.07) is 9.84. The first-order chi connectivity index (χ1) is 8.58. The van der Waals surface area contributed by atoms with E-state index in [1.165, 1.54) is 7.05 Å². The minimum Gasteiger partial charge on any atom is -0.321 e. The molecule has 6 nitrogen and oxygen atoms in total. The van der Waals surface area contributed by atoms with Gasteiger partial charge in [-0.15, -0.1) is 0 Å². The van der Waals surface area contributed by atoms with Crippen molar-refractivity contribution in [1.29, 1.82) is 0 Å². The third kappa shape index (κ3) is 2.37. The zero-order valence-electron chi connectivity index (χ0n) is 9.64. The molecular weight excluding hydrogens is 234 g/mol. The van der Waals surface area contributed by atoms with Crippen LogP contribution in [0.2, 0.25) is 0 Å². The average Bonchev–Trinajstić information content (AvgIpc) is 2.36. The molecule has 0 saturated carbocycles. The van der Waals surface area contributed by atoms with E-state index in [0.29, 0.717) is 5.69 Å². The van der Waals surface area contributed by atoms with E-state index in [9.17, 15) is 14.4 Å². The van der Waals surface area contributed by atoms with Crippen molar-refractivity contribution in [3.8, 4) is 0 Å². The van der Waals surface area contributed by atoms with Gasteiger partial charge in [0.25, 0.3) is 11.5 Å². The van der Waals surface area contributed by atoms with Crippen molar-refractivity contribution in [1.82, 2.24) is 9.55 Å². The number of nitrogens with one attached hydrogen (secondary N) is 2. The molecule has 1 amide bonds. The van der Waals surface area contributed by atoms with Gasteiger partial charge in [-0.1, -0.05) is 18.2 Å². The number of nitrogens with zero attached hydrogens (tertiary/aromatic N) is 1. The first kappa shape index (κ1) is 11.8. The van der Waals surface area contributed by atoms with E-state index in [-0.39, 0.29) is 5.69 Å². The number of benzene rings is 1. The third-order valence-electron chi connectivity index (χ3n) is 2.42. The molecule has 92 valence electrons. The van der Waals surface area contributed by atoms with Gasteiger partial charge in [-0.05, 0) is 12.1 Å². The first-order valence-corrected chi connectivity index (χ1v) is 5.24. The van der Waals surface area contributed by atoms with E-state index >= 15 is 0 Å². The van der Waals surface area contributed by atoms with Crippen LogP contribution in [-0.4, -0.2) is 15.5 Å². The van der Waals surface area contributed by atoms with Crippen LogP contribution in [0, 0.1) is 0 Å². The highest BCUT2D eigenvalue weighted by Gasteiger charge is 2.09. The van der Waals surface area contributed by atoms with Crippen LogP contribution in [0.5, 0.6) is 0 Å². The van der Waals surface area contributed by atoms with Gasteiger partial charge in [0.2, 0.25) is 0 Å². The van der Waals surface area contributed by atoms with E-state index in [1.807, 2.05) is 6.07 Å². The zero-order valence-corrected chi connectivity index (χ0v) is 9.64. The van der Waals surface area contributed by atoms with Gasteiger partial charge in [-0.25, -0.2) is 4.79 Å². The van der Waals surface area contributed by atoms with Gasteiger partial charge in [-0.3, -0.25) is 14.2 Å². The van der Waals surface area contributed by atoms with E-state index in [4.69, 9.17) is 0 Å². The summed E-state index contributed by atoms with van der Waals surface area (Å²) in [5, 5.41) is 2.57. The van der Waals surface area contributed by atoms with Crippen LogP contribution < -0.4 is 16.6 Å². The molecule has 0 atom stereocenters. The summed E-state index contributed by atoms with van der Waals surface area (Å²) in [6.45, 7) is 0. The Balaban J connectivity index is 2.31. The normalized spacial score (nSPS) is 10.1. The molecule has 0 saturated heterocycles. The van der Waals surface area contributed by atoms with Crippen LogP contribution in [0.25, 0.3) is 0 Å². The summed E-state index contributed by atoms with van der Waals surface area (Å²) >= 11 is 0. The van der Waals surface area contributed by atoms with Gasteiger partial charge in [0.05, 0.1) is 0 Å². The number of hydrogen-bond acceptors (Lipinski definition) is 3. The number of rotatable bonds is 2. The largest absolute Gasteiger partial charge is 0.328 e. The molecule has 0 bridgehead atoms. The molecule has 0 spiro atoms. The van der Waals surface area contributed by atoms with Crippen molar-refractivity contribution in [2.75, 3.05) is 5.32 Å². The molecule has 1 aromatic carbocycles. The fourth-order valence-electron chi connectivity index (χ4n) is 1.40. The fourth-order valence-corrected chi connectivity index (χ4v) is 1.40. The molecule has 0 aliphatic carbocycles. The molecule has 1 heterocycles. The standard InChI is InChI=1S/C12H11N3O3/c1-15-10(16)7-9(14-12(15)18)11(17)13-8-5-3-2-4-6-8/h2-7H,1H3,(H,13,17)(H,14,18). The number of carbonyl (C=O) groups is 1. The Morgan fingerprint density at radius 2 is 1.89 bits per heavy atom. The molecule has 0 aliphatic rings. The monoisotopic (exact) mass is 245 g/mol. The molecule has 0 aliphatic heterocycles. The summed E-state index contributed by atoms with van der Waals surface area (Å²) in [4.78, 5) is 36.9. The summed E-state index contributed by atoms with van der Waals surface area (Å²) in [6.07, 6.45) is 0. The Morgan fingerprint density at radius 3 is 2.50 bits per heavy atom. The number of amides is 1. The van der Waals surface area contributed by atoms with Crippen molar-refractivity contribution in [3.05, 3.63) is 62.9 Å². The molecule has 1 aromatic heterocycles. The van der Waals surface area contributed by atoms with Gasteiger partial charge in [0.1, 0.15) is 5.69 Å². The summed E-state index contributed by atoms with van der Waals surface area (Å²) in [7, 11) is 1.33. The second kappa shape index (κ2) is 4.70. The number of anilines is 1. The quantitative estimate of drug-likeness (QED) is 0.799. The fraction of sp³-hybridized carbons (Fsp3) is 0.0833. The maximum absolute atomic E-state index is 11.8. The van der Waals surface area contributed by atoms with Crippen molar-refractivity contribution >= 4 is 11.6 Å². The lowest BCUT2D eigenvalue weighted by Crippen LogP contribution is -2.34. The summed E-state index contributed by atoms with van der Waals surface area (Å²) in [5.41, 5.74) is -0.631. The van der Waals surface area contributed by atoms with E-state index in [0.717, 1.165) is 10.6 Å². The molecule has 0 fully saturated rings. The van der Waals surface area contributed by atoms with Crippen molar-refractivity contribution < 1.29 is 4.79 Å². The molecule has 0 radical (unpaired) electrons. The Hall–Kier alpha value is -2.63. The van der Waals surface area contributed by atoms with E-state index in [1.54, 1.807) is 24.3 Å². The second-order valence-corrected chi connectivity index (χ2v) is 3.71. The number of hydrogen-bond donors (Lipinski definition) is 2. The van der Waals surface area contributed by atoms with Crippen LogP contribution in [0.1, 0.15) is 10.5 Å². The van der Waals surface area contributed by atoms with Crippen LogP contribution in [0.3, 0.4) is 0 Å². The van der Waals surface area contributed by atoms with Crippen LogP contribution in [0.4, 0.5) is 5.69 Å². The van der Waals surface area contributed by atoms with Crippen molar-refractivity contribution in [3.63, 3.8) is 0 Å². The second-order valence-electron chi connectivity index (χ2n) is 3.71. The lowest BCUT2D eigenvalue weighted by Gasteiger charge is -2.04. The SMILES string of the molecule is Cn1c(=O)cc(C(=O)Nc2ccccc2)[nH]c1=O. The lowest BCUT2D eigenvalue weighted by atomic mass is 10.3. The molecular formula is C12H11N3O3. The minimum atomic E-state index is -0.624. The Labute approximate surface area is 102 Å². The maximum Gasteiger partial charge on any atom is 0.328 e. The summed E-state index contributed by atoms with van der Waals surface area (Å²) < 4.78 is 0.888. The number of H-pyrrole nitrogens is 1. The van der Waals surface area contributed by atoms with E-state index in [2.05, 4.69) is 10.3 Å². The van der Waals surface area contributed by atoms with Crippen molar-refractivity contribution in [2.24, 2.45) is 7.05 Å². The third-order valence-corrected chi connectivity index (χ3v) is 2.42. The molecule has 2 rings (SSSR count). The molecule has 2 N–H and O–H groups in total. The molecule has 6 heteroatoms. The molecule has 2 aromatic rings. The minimum absolute atomic E-state index is 0.0630. The van der Waals surface area contributed by atoms with E-state index < -0.39 is 17.2 Å². The Kier molecular flexibility index (Phi) is 3.09. The van der Waals surface area contributed by atoms with Crippen molar-refractivity contribution in [2.45, 2.75) is 0 Å². The van der Waals surface area contributed by atoms with Gasteiger partial charge in [-0.2, -0.15) is 0 Å². The predicted octanol–water partition coefficient (Wildman–Crippen LogP) is 0.326. The zero-order chi connectivity index (χ0) is 13.1. The number of para-hydroxylation sites is 1. The summed E-state index contributed by atoms with van der Waals surface area (Å²) in [5.74, 6) is -0.531. The van der Waals surface area contributed by atoms with Gasteiger partial charge in [0, 0.05) is 18.8 Å². The van der Waals surface area contributed by atoms with Crippen LogP contribution >= 0.6 is 0 Å². The highest BCUT2D eigenvalue weighted by atomic mass is 16.2.